The van der Waals surface area contributed by atoms with Crippen LogP contribution in [0.1, 0.15) is 38.5 Å². The molecular weight excluding hydrogens is 252 g/mol. The molecule has 0 N–H and O–H groups in total. The Bertz CT molecular complexity index is 278. The fourth-order valence-electron chi connectivity index (χ4n) is 1.74. The van der Waals surface area contributed by atoms with Gasteiger partial charge in [0, 0.05) is 12.8 Å². The summed E-state index contributed by atoms with van der Waals surface area (Å²) >= 11 is 0. The number of carbonyl (C=O) groups excluding carboxylic acids is 3. The van der Waals surface area contributed by atoms with Crippen molar-refractivity contribution in [3.05, 3.63) is 0 Å². The van der Waals surface area contributed by atoms with Gasteiger partial charge in [0.1, 0.15) is 0 Å². The highest BCUT2D eigenvalue weighted by atomic mass is 16.5. The molecule has 0 aromatic carbocycles. The zero-order valence-corrected chi connectivity index (χ0v) is 11.8. The van der Waals surface area contributed by atoms with E-state index in [9.17, 15) is 14.4 Å². The summed E-state index contributed by atoms with van der Waals surface area (Å²) in [6.07, 6.45) is 2.77. The number of hydrogen-bond acceptors (Lipinski definition) is 6. The molecule has 0 spiro atoms. The minimum Gasteiger partial charge on any atom is -0.469 e. The first-order chi connectivity index (χ1) is 9.04. The van der Waals surface area contributed by atoms with Crippen LogP contribution in [0.4, 0.5) is 0 Å². The van der Waals surface area contributed by atoms with Gasteiger partial charge in [0.15, 0.2) is 0 Å². The summed E-state index contributed by atoms with van der Waals surface area (Å²) in [4.78, 5) is 33.5. The molecule has 0 aromatic heterocycles. The van der Waals surface area contributed by atoms with Gasteiger partial charge in [-0.25, -0.2) is 0 Å². The Kier molecular flexibility index (Phi) is 9.48. The standard InChI is InChI=1S/C13H22O6/c1-17-11(14)8-4-6-10(13(16)19-3)7-5-9-12(15)18-2/h10H,4-9H2,1-3H3. The molecule has 0 aromatic rings. The molecular formula is C13H22O6. The number of rotatable bonds is 9. The lowest BCUT2D eigenvalue weighted by molar-refractivity contribution is -0.147. The summed E-state index contributed by atoms with van der Waals surface area (Å²) in [7, 11) is 3.99. The number of hydrogen-bond donors (Lipinski definition) is 0. The lowest BCUT2D eigenvalue weighted by Gasteiger charge is -2.13. The van der Waals surface area contributed by atoms with Crippen LogP contribution < -0.4 is 0 Å². The highest BCUT2D eigenvalue weighted by Gasteiger charge is 2.19. The molecule has 0 saturated heterocycles. The van der Waals surface area contributed by atoms with Crippen molar-refractivity contribution in [2.24, 2.45) is 5.92 Å². The third-order valence-electron chi connectivity index (χ3n) is 2.86. The minimum atomic E-state index is -0.310. The molecule has 6 nitrogen and oxygen atoms in total. The van der Waals surface area contributed by atoms with Gasteiger partial charge < -0.3 is 14.2 Å². The first-order valence-corrected chi connectivity index (χ1v) is 6.26. The molecule has 0 aliphatic carbocycles. The second kappa shape index (κ2) is 10.3. The molecule has 6 heteroatoms. The number of esters is 3. The van der Waals surface area contributed by atoms with E-state index in [1.807, 2.05) is 0 Å². The van der Waals surface area contributed by atoms with Crippen molar-refractivity contribution < 1.29 is 28.6 Å². The van der Waals surface area contributed by atoms with Crippen LogP contribution in [-0.4, -0.2) is 39.2 Å². The summed E-state index contributed by atoms with van der Waals surface area (Å²) in [5, 5.41) is 0. The number of ether oxygens (including phenoxy) is 3. The molecule has 0 fully saturated rings. The Balaban J connectivity index is 4.06. The predicted molar refractivity (Wildman–Crippen MR) is 67.2 cm³/mol. The second-order valence-electron chi connectivity index (χ2n) is 4.16. The van der Waals surface area contributed by atoms with E-state index in [4.69, 9.17) is 4.74 Å². The third-order valence-corrected chi connectivity index (χ3v) is 2.86. The van der Waals surface area contributed by atoms with E-state index >= 15 is 0 Å². The Hall–Kier alpha value is -1.59. The largest absolute Gasteiger partial charge is 0.469 e. The lowest BCUT2D eigenvalue weighted by atomic mass is 9.96. The zero-order valence-electron chi connectivity index (χ0n) is 11.8. The van der Waals surface area contributed by atoms with E-state index in [-0.39, 0.29) is 36.7 Å². The highest BCUT2D eigenvalue weighted by molar-refractivity contribution is 5.73. The van der Waals surface area contributed by atoms with Gasteiger partial charge in [-0.2, -0.15) is 0 Å². The minimum absolute atomic E-state index is 0.279. The maximum Gasteiger partial charge on any atom is 0.308 e. The summed E-state index contributed by atoms with van der Waals surface area (Å²) in [5.74, 6) is -1.19. The molecule has 19 heavy (non-hydrogen) atoms. The van der Waals surface area contributed by atoms with Crippen molar-refractivity contribution in [3.63, 3.8) is 0 Å². The molecule has 0 aliphatic rings. The molecule has 0 rings (SSSR count). The molecule has 0 saturated carbocycles. The quantitative estimate of drug-likeness (QED) is 0.468. The Morgan fingerprint density at radius 2 is 1.21 bits per heavy atom. The van der Waals surface area contributed by atoms with Crippen LogP contribution in [0.25, 0.3) is 0 Å². The van der Waals surface area contributed by atoms with Crippen molar-refractivity contribution in [1.29, 1.82) is 0 Å². The lowest BCUT2D eigenvalue weighted by Crippen LogP contribution is -2.17. The molecule has 0 bridgehead atoms. The molecule has 0 radical (unpaired) electrons. The van der Waals surface area contributed by atoms with Crippen LogP contribution in [0.5, 0.6) is 0 Å². The molecule has 0 heterocycles. The van der Waals surface area contributed by atoms with Gasteiger partial charge in [-0.1, -0.05) is 0 Å². The van der Waals surface area contributed by atoms with Crippen molar-refractivity contribution in [3.8, 4) is 0 Å². The zero-order chi connectivity index (χ0) is 14.7. The SMILES string of the molecule is COC(=O)CCCC(CCCC(=O)OC)C(=O)OC. The van der Waals surface area contributed by atoms with E-state index in [1.54, 1.807) is 0 Å². The van der Waals surface area contributed by atoms with Gasteiger partial charge in [0.05, 0.1) is 27.2 Å². The van der Waals surface area contributed by atoms with Crippen LogP contribution in [0.3, 0.4) is 0 Å². The number of carbonyl (C=O) groups is 3. The topological polar surface area (TPSA) is 78.9 Å². The summed E-state index contributed by atoms with van der Waals surface area (Å²) in [6, 6.07) is 0. The van der Waals surface area contributed by atoms with Crippen LogP contribution in [0, 0.1) is 5.92 Å². The van der Waals surface area contributed by atoms with Crippen LogP contribution in [-0.2, 0) is 28.6 Å². The summed E-state index contributed by atoms with van der Waals surface area (Å²) in [5.41, 5.74) is 0. The van der Waals surface area contributed by atoms with Crippen molar-refractivity contribution in [1.82, 2.24) is 0 Å². The van der Waals surface area contributed by atoms with E-state index in [2.05, 4.69) is 9.47 Å². The molecule has 0 unspecified atom stereocenters. The Morgan fingerprint density at radius 3 is 1.53 bits per heavy atom. The molecule has 0 amide bonds. The van der Waals surface area contributed by atoms with E-state index in [1.165, 1.54) is 21.3 Å². The van der Waals surface area contributed by atoms with E-state index in [0.717, 1.165) is 0 Å². The van der Waals surface area contributed by atoms with Gasteiger partial charge >= 0.3 is 17.9 Å². The second-order valence-corrected chi connectivity index (χ2v) is 4.16. The fraction of sp³-hybridized carbons (Fsp3) is 0.769. The predicted octanol–water partition coefficient (Wildman–Crippen LogP) is 1.46. The van der Waals surface area contributed by atoms with Crippen LogP contribution in [0.15, 0.2) is 0 Å². The monoisotopic (exact) mass is 274 g/mol. The van der Waals surface area contributed by atoms with Crippen molar-refractivity contribution >= 4 is 17.9 Å². The van der Waals surface area contributed by atoms with Gasteiger partial charge in [-0.3, -0.25) is 14.4 Å². The van der Waals surface area contributed by atoms with Crippen LogP contribution >= 0.6 is 0 Å². The number of methoxy groups -OCH3 is 3. The summed E-state index contributed by atoms with van der Waals surface area (Å²) < 4.78 is 13.8. The molecule has 110 valence electrons. The van der Waals surface area contributed by atoms with Crippen molar-refractivity contribution in [2.45, 2.75) is 38.5 Å². The van der Waals surface area contributed by atoms with Crippen LogP contribution in [0.2, 0.25) is 0 Å². The first-order valence-electron chi connectivity index (χ1n) is 6.26. The van der Waals surface area contributed by atoms with Gasteiger partial charge in [0.2, 0.25) is 0 Å². The normalized spacial score (nSPS) is 10.1. The van der Waals surface area contributed by atoms with E-state index < -0.39 is 0 Å². The van der Waals surface area contributed by atoms with Gasteiger partial charge in [-0.15, -0.1) is 0 Å². The maximum absolute atomic E-state index is 11.5. The third kappa shape index (κ3) is 8.18. The smallest absolute Gasteiger partial charge is 0.308 e. The van der Waals surface area contributed by atoms with Gasteiger partial charge in [-0.05, 0) is 25.7 Å². The average Bonchev–Trinajstić information content (AvgIpc) is 2.44. The van der Waals surface area contributed by atoms with Gasteiger partial charge in [0.25, 0.3) is 0 Å². The summed E-state index contributed by atoms with van der Waals surface area (Å²) in [6.45, 7) is 0. The average molecular weight is 274 g/mol. The molecule has 0 atom stereocenters. The first kappa shape index (κ1) is 17.4. The maximum atomic E-state index is 11.5. The fourth-order valence-corrected chi connectivity index (χ4v) is 1.74. The van der Waals surface area contributed by atoms with Crippen molar-refractivity contribution in [2.75, 3.05) is 21.3 Å². The Labute approximate surface area is 113 Å². The van der Waals surface area contributed by atoms with E-state index in [0.29, 0.717) is 25.7 Å². The highest BCUT2D eigenvalue weighted by Crippen LogP contribution is 2.18. The Morgan fingerprint density at radius 1 is 0.789 bits per heavy atom. The molecule has 0 aliphatic heterocycles.